The fraction of sp³-hybridized carbons (Fsp3) is 0.556. The van der Waals surface area contributed by atoms with Gasteiger partial charge in [-0.3, -0.25) is 14.5 Å². The van der Waals surface area contributed by atoms with E-state index in [4.69, 9.17) is 0 Å². The molecule has 4 rings (SSSR count). The summed E-state index contributed by atoms with van der Waals surface area (Å²) in [6, 6.07) is 6.61. The van der Waals surface area contributed by atoms with Gasteiger partial charge >= 0.3 is 0 Å². The average molecular weight is 414 g/mol. The number of amides is 2. The number of sulfonamides is 1. The Hall–Kier alpha value is -1.48. The van der Waals surface area contributed by atoms with Crippen LogP contribution < -0.4 is 5.32 Å². The van der Waals surface area contributed by atoms with Crippen molar-refractivity contribution in [1.82, 2.24) is 14.5 Å². The normalized spacial score (nSPS) is 22.1. The van der Waals surface area contributed by atoms with E-state index < -0.39 is 21.8 Å². The molecule has 3 heterocycles. The highest BCUT2D eigenvalue weighted by atomic mass is 35.5. The summed E-state index contributed by atoms with van der Waals surface area (Å²) >= 11 is 0. The smallest absolute Gasteiger partial charge is 0.261 e. The third-order valence-electron chi connectivity index (χ3n) is 5.91. The fourth-order valence-corrected chi connectivity index (χ4v) is 5.79. The van der Waals surface area contributed by atoms with Crippen molar-refractivity contribution < 1.29 is 18.0 Å². The summed E-state index contributed by atoms with van der Waals surface area (Å²) in [5.41, 5.74) is 0.794. The Bertz CT molecular complexity index is 817. The molecule has 9 heteroatoms. The molecule has 7 nitrogen and oxygen atoms in total. The molecule has 0 saturated carbocycles. The van der Waals surface area contributed by atoms with Gasteiger partial charge in [0.15, 0.2) is 0 Å². The average Bonchev–Trinajstić information content (AvgIpc) is 3.16. The molecule has 148 valence electrons. The van der Waals surface area contributed by atoms with Gasteiger partial charge in [0.05, 0.1) is 16.9 Å². The second-order valence-electron chi connectivity index (χ2n) is 7.46. The van der Waals surface area contributed by atoms with Crippen LogP contribution in [0, 0.1) is 5.41 Å². The maximum absolute atomic E-state index is 12.8. The lowest BCUT2D eigenvalue weighted by atomic mass is 9.78. The summed E-state index contributed by atoms with van der Waals surface area (Å²) in [6.45, 7) is 2.86. The number of hydrogen-bond acceptors (Lipinski definition) is 5. The molecule has 1 spiro atoms. The van der Waals surface area contributed by atoms with E-state index in [1.165, 1.54) is 0 Å². The predicted octanol–water partition coefficient (Wildman–Crippen LogP) is 1.11. The molecule has 0 radical (unpaired) electrons. The van der Waals surface area contributed by atoms with Crippen LogP contribution in [-0.4, -0.2) is 67.9 Å². The number of fused-ring (bicyclic) bond motifs is 1. The van der Waals surface area contributed by atoms with Gasteiger partial charge in [0.2, 0.25) is 10.0 Å². The van der Waals surface area contributed by atoms with Crippen molar-refractivity contribution in [3.8, 4) is 0 Å². The van der Waals surface area contributed by atoms with E-state index in [1.54, 1.807) is 28.6 Å². The summed E-state index contributed by atoms with van der Waals surface area (Å²) in [5, 5.41) is 3.32. The zero-order valence-electron chi connectivity index (χ0n) is 15.0. The number of hydrogen-bond donors (Lipinski definition) is 1. The number of halogens is 1. The highest BCUT2D eigenvalue weighted by Crippen LogP contribution is 2.39. The Balaban J connectivity index is 0.00000210. The van der Waals surface area contributed by atoms with Gasteiger partial charge in [-0.15, -0.1) is 12.4 Å². The van der Waals surface area contributed by atoms with E-state index in [0.717, 1.165) is 37.3 Å². The third kappa shape index (κ3) is 3.63. The maximum atomic E-state index is 12.8. The summed E-state index contributed by atoms with van der Waals surface area (Å²) in [6.07, 6.45) is 2.88. The van der Waals surface area contributed by atoms with Crippen molar-refractivity contribution in [2.24, 2.45) is 5.41 Å². The summed E-state index contributed by atoms with van der Waals surface area (Å²) < 4.78 is 27.1. The molecule has 27 heavy (non-hydrogen) atoms. The van der Waals surface area contributed by atoms with Gasteiger partial charge in [-0.1, -0.05) is 12.1 Å². The molecule has 2 amide bonds. The van der Waals surface area contributed by atoms with Crippen LogP contribution in [0.1, 0.15) is 40.0 Å². The third-order valence-corrected chi connectivity index (χ3v) is 7.71. The second kappa shape index (κ2) is 7.50. The Morgan fingerprint density at radius 1 is 1.00 bits per heavy atom. The number of imide groups is 1. The zero-order chi connectivity index (χ0) is 18.4. The summed E-state index contributed by atoms with van der Waals surface area (Å²) in [5.74, 6) is -1.03. The highest BCUT2D eigenvalue weighted by molar-refractivity contribution is 7.89. The van der Waals surface area contributed by atoms with Crippen LogP contribution in [0.3, 0.4) is 0 Å². The minimum Gasteiger partial charge on any atom is -0.317 e. The molecule has 3 aliphatic heterocycles. The van der Waals surface area contributed by atoms with E-state index in [-0.39, 0.29) is 30.1 Å². The molecule has 2 fully saturated rings. The van der Waals surface area contributed by atoms with Crippen LogP contribution in [0.4, 0.5) is 0 Å². The van der Waals surface area contributed by atoms with Crippen molar-refractivity contribution in [3.05, 3.63) is 35.4 Å². The Kier molecular flexibility index (Phi) is 5.63. The molecule has 0 aliphatic carbocycles. The molecular formula is C18H24ClN3O4S. The van der Waals surface area contributed by atoms with Gasteiger partial charge in [0, 0.05) is 19.6 Å². The van der Waals surface area contributed by atoms with E-state index in [0.29, 0.717) is 24.2 Å². The molecule has 1 N–H and O–H groups in total. The first-order valence-electron chi connectivity index (χ1n) is 9.06. The first-order valence-corrected chi connectivity index (χ1v) is 10.7. The number of piperidine rings is 1. The van der Waals surface area contributed by atoms with Crippen molar-refractivity contribution in [3.63, 3.8) is 0 Å². The van der Waals surface area contributed by atoms with Crippen LogP contribution in [0.25, 0.3) is 0 Å². The molecule has 3 aliphatic rings. The summed E-state index contributed by atoms with van der Waals surface area (Å²) in [4.78, 5) is 25.8. The van der Waals surface area contributed by atoms with Crippen molar-refractivity contribution in [2.75, 3.05) is 38.5 Å². The molecule has 0 unspecified atom stereocenters. The lowest BCUT2D eigenvalue weighted by Gasteiger charge is -2.33. The minimum absolute atomic E-state index is 0. The first kappa shape index (κ1) is 20.3. The molecule has 2 saturated heterocycles. The standard InChI is InChI=1S/C18H23N3O4S.ClH/c22-16-14-3-1-2-4-15(14)17(23)21(16)11-12-26(24,25)20-10-7-18(13-20)5-8-19-9-6-18;/h1-4,19H,5-13H2;1H. The van der Waals surface area contributed by atoms with Crippen LogP contribution in [0.5, 0.6) is 0 Å². The molecule has 1 aromatic carbocycles. The highest BCUT2D eigenvalue weighted by Gasteiger charge is 2.43. The number of nitrogens with one attached hydrogen (secondary N) is 1. The number of benzene rings is 1. The Morgan fingerprint density at radius 2 is 1.59 bits per heavy atom. The van der Waals surface area contributed by atoms with Crippen molar-refractivity contribution in [1.29, 1.82) is 0 Å². The molecule has 1 aromatic rings. The van der Waals surface area contributed by atoms with Gasteiger partial charge in [0.1, 0.15) is 0 Å². The molecule has 0 atom stereocenters. The van der Waals surface area contributed by atoms with Crippen LogP contribution in [0.2, 0.25) is 0 Å². The largest absolute Gasteiger partial charge is 0.317 e. The monoisotopic (exact) mass is 413 g/mol. The van der Waals surface area contributed by atoms with E-state index in [9.17, 15) is 18.0 Å². The lowest BCUT2D eigenvalue weighted by Crippen LogP contribution is -2.42. The second-order valence-corrected chi connectivity index (χ2v) is 9.55. The summed E-state index contributed by atoms with van der Waals surface area (Å²) in [7, 11) is -3.49. The quantitative estimate of drug-likeness (QED) is 0.747. The number of nitrogens with zero attached hydrogens (tertiary/aromatic N) is 2. The van der Waals surface area contributed by atoms with Crippen LogP contribution >= 0.6 is 12.4 Å². The van der Waals surface area contributed by atoms with Crippen LogP contribution in [-0.2, 0) is 10.0 Å². The van der Waals surface area contributed by atoms with Crippen molar-refractivity contribution in [2.45, 2.75) is 19.3 Å². The maximum Gasteiger partial charge on any atom is 0.261 e. The number of rotatable bonds is 4. The van der Waals surface area contributed by atoms with Crippen molar-refractivity contribution >= 4 is 34.2 Å². The van der Waals surface area contributed by atoms with Gasteiger partial charge < -0.3 is 5.32 Å². The minimum atomic E-state index is -3.49. The SMILES string of the molecule is Cl.O=C1c2ccccc2C(=O)N1CCS(=O)(=O)N1CCC2(CCNCC2)C1. The van der Waals surface area contributed by atoms with E-state index >= 15 is 0 Å². The van der Waals surface area contributed by atoms with E-state index in [2.05, 4.69) is 5.32 Å². The zero-order valence-corrected chi connectivity index (χ0v) is 16.7. The Morgan fingerprint density at radius 3 is 2.19 bits per heavy atom. The first-order chi connectivity index (χ1) is 12.4. The molecular weight excluding hydrogens is 390 g/mol. The van der Waals surface area contributed by atoms with Crippen LogP contribution in [0.15, 0.2) is 24.3 Å². The number of carbonyl (C=O) groups is 2. The Labute approximate surface area is 165 Å². The fourth-order valence-electron chi connectivity index (χ4n) is 4.27. The predicted molar refractivity (Wildman–Crippen MR) is 104 cm³/mol. The van der Waals surface area contributed by atoms with Gasteiger partial charge in [-0.05, 0) is 49.9 Å². The van der Waals surface area contributed by atoms with E-state index in [1.807, 2.05) is 0 Å². The molecule has 0 bridgehead atoms. The lowest BCUT2D eigenvalue weighted by molar-refractivity contribution is 0.0663. The van der Waals surface area contributed by atoms with Gasteiger partial charge in [0.25, 0.3) is 11.8 Å². The molecule has 0 aromatic heterocycles. The van der Waals surface area contributed by atoms with Gasteiger partial charge in [-0.2, -0.15) is 0 Å². The van der Waals surface area contributed by atoms with Gasteiger partial charge in [-0.25, -0.2) is 12.7 Å². The number of carbonyl (C=O) groups excluding carboxylic acids is 2. The topological polar surface area (TPSA) is 86.8 Å².